The Balaban J connectivity index is 3.33. The Bertz CT molecular complexity index is 394. The van der Waals surface area contributed by atoms with Crippen LogP contribution in [0.15, 0.2) is 18.7 Å². The van der Waals surface area contributed by atoms with Gasteiger partial charge in [-0.2, -0.15) is 0 Å². The number of hydrogen-bond donors (Lipinski definition) is 0. The Morgan fingerprint density at radius 2 is 2.06 bits per heavy atom. The number of allylic oxidation sites excluding steroid dienone is 1. The molecule has 0 amide bonds. The second-order valence-corrected chi connectivity index (χ2v) is 4.24. The van der Waals surface area contributed by atoms with Crippen LogP contribution < -0.4 is 4.74 Å². The van der Waals surface area contributed by atoms with Gasteiger partial charge in [0.25, 0.3) is 0 Å². The fraction of sp³-hybridized carbons (Fsp3) is 0.429. The van der Waals surface area contributed by atoms with Crippen LogP contribution in [0.4, 0.5) is 4.39 Å². The molecule has 0 aromatic heterocycles. The molecular weight excluding hydrogens is 203 g/mol. The highest BCUT2D eigenvalue weighted by atomic mass is 19.1. The zero-order valence-electron chi connectivity index (χ0n) is 10.4. The van der Waals surface area contributed by atoms with Crippen molar-refractivity contribution >= 4 is 5.57 Å². The molecule has 0 spiro atoms. The van der Waals surface area contributed by atoms with Gasteiger partial charge in [-0.05, 0) is 37.5 Å². The van der Waals surface area contributed by atoms with Gasteiger partial charge in [0, 0.05) is 5.56 Å². The molecule has 2 heteroatoms. The molecule has 0 atom stereocenters. The van der Waals surface area contributed by atoms with Gasteiger partial charge in [0.05, 0.1) is 6.61 Å². The van der Waals surface area contributed by atoms with Crippen molar-refractivity contribution in [3.8, 4) is 5.75 Å². The van der Waals surface area contributed by atoms with Crippen LogP contribution >= 0.6 is 0 Å². The standard InChI is InChI=1S/C14H19FO/c1-6-16-13-8-11(9(2)3)7-12(15)14(13)10(4)5/h7-8,10H,2,6H2,1,3-5H3. The molecule has 0 bridgehead atoms. The molecule has 1 nitrogen and oxygen atoms in total. The summed E-state index contributed by atoms with van der Waals surface area (Å²) < 4.78 is 19.4. The molecule has 0 aliphatic rings. The topological polar surface area (TPSA) is 9.23 Å². The molecule has 0 fully saturated rings. The second-order valence-electron chi connectivity index (χ2n) is 4.24. The normalized spacial score (nSPS) is 10.6. The quantitative estimate of drug-likeness (QED) is 0.734. The van der Waals surface area contributed by atoms with E-state index < -0.39 is 0 Å². The van der Waals surface area contributed by atoms with Crippen LogP contribution in [0.2, 0.25) is 0 Å². The van der Waals surface area contributed by atoms with Crippen molar-refractivity contribution in [3.05, 3.63) is 35.7 Å². The lowest BCUT2D eigenvalue weighted by atomic mass is 9.97. The summed E-state index contributed by atoms with van der Waals surface area (Å²) >= 11 is 0. The summed E-state index contributed by atoms with van der Waals surface area (Å²) in [6.45, 7) is 12.0. The molecule has 0 heterocycles. The zero-order chi connectivity index (χ0) is 12.3. The van der Waals surface area contributed by atoms with Gasteiger partial charge in [0.2, 0.25) is 0 Å². The largest absolute Gasteiger partial charge is 0.493 e. The fourth-order valence-electron chi connectivity index (χ4n) is 1.67. The van der Waals surface area contributed by atoms with Crippen LogP contribution in [0.25, 0.3) is 5.57 Å². The number of hydrogen-bond acceptors (Lipinski definition) is 1. The van der Waals surface area contributed by atoms with Gasteiger partial charge in [0.15, 0.2) is 0 Å². The Labute approximate surface area is 96.9 Å². The summed E-state index contributed by atoms with van der Waals surface area (Å²) in [5.74, 6) is 0.537. The molecule has 0 saturated carbocycles. The first-order valence-electron chi connectivity index (χ1n) is 5.59. The van der Waals surface area contributed by atoms with Crippen LogP contribution in [-0.4, -0.2) is 6.61 Å². The maximum absolute atomic E-state index is 13.9. The van der Waals surface area contributed by atoms with Crippen molar-refractivity contribution in [2.75, 3.05) is 6.61 Å². The lowest BCUT2D eigenvalue weighted by Crippen LogP contribution is -2.02. The van der Waals surface area contributed by atoms with E-state index in [9.17, 15) is 4.39 Å². The molecule has 1 aromatic carbocycles. The number of benzene rings is 1. The smallest absolute Gasteiger partial charge is 0.130 e. The third-order valence-electron chi connectivity index (χ3n) is 2.46. The van der Waals surface area contributed by atoms with Crippen LogP contribution in [-0.2, 0) is 0 Å². The van der Waals surface area contributed by atoms with Crippen molar-refractivity contribution in [2.45, 2.75) is 33.6 Å². The van der Waals surface area contributed by atoms with E-state index in [1.807, 2.05) is 33.8 Å². The molecule has 16 heavy (non-hydrogen) atoms. The van der Waals surface area contributed by atoms with E-state index in [1.165, 1.54) is 6.07 Å². The highest BCUT2D eigenvalue weighted by Crippen LogP contribution is 2.32. The molecular formula is C14H19FO. The van der Waals surface area contributed by atoms with Crippen molar-refractivity contribution in [1.82, 2.24) is 0 Å². The molecule has 0 aliphatic carbocycles. The van der Waals surface area contributed by atoms with Gasteiger partial charge in [-0.15, -0.1) is 0 Å². The van der Waals surface area contributed by atoms with Crippen molar-refractivity contribution < 1.29 is 9.13 Å². The molecule has 0 N–H and O–H groups in total. The SMILES string of the molecule is C=C(C)c1cc(F)c(C(C)C)c(OCC)c1. The lowest BCUT2D eigenvalue weighted by molar-refractivity contribution is 0.332. The van der Waals surface area contributed by atoms with Gasteiger partial charge in [-0.1, -0.05) is 26.0 Å². The van der Waals surface area contributed by atoms with E-state index in [0.29, 0.717) is 17.9 Å². The van der Waals surface area contributed by atoms with Crippen molar-refractivity contribution in [1.29, 1.82) is 0 Å². The van der Waals surface area contributed by atoms with Crippen LogP contribution in [0.1, 0.15) is 44.7 Å². The van der Waals surface area contributed by atoms with E-state index in [-0.39, 0.29) is 11.7 Å². The van der Waals surface area contributed by atoms with Gasteiger partial charge < -0.3 is 4.74 Å². The third-order valence-corrected chi connectivity index (χ3v) is 2.46. The molecule has 0 radical (unpaired) electrons. The Kier molecular flexibility index (Phi) is 4.11. The average molecular weight is 222 g/mol. The molecule has 0 unspecified atom stereocenters. The summed E-state index contributed by atoms with van der Waals surface area (Å²) in [7, 11) is 0. The van der Waals surface area contributed by atoms with Crippen molar-refractivity contribution in [2.24, 2.45) is 0 Å². The van der Waals surface area contributed by atoms with E-state index in [2.05, 4.69) is 6.58 Å². The van der Waals surface area contributed by atoms with E-state index >= 15 is 0 Å². The van der Waals surface area contributed by atoms with Gasteiger partial charge in [-0.25, -0.2) is 4.39 Å². The molecule has 1 aromatic rings. The maximum Gasteiger partial charge on any atom is 0.130 e. The lowest BCUT2D eigenvalue weighted by Gasteiger charge is -2.16. The summed E-state index contributed by atoms with van der Waals surface area (Å²) in [4.78, 5) is 0. The summed E-state index contributed by atoms with van der Waals surface area (Å²) in [6.07, 6.45) is 0. The number of rotatable bonds is 4. The minimum Gasteiger partial charge on any atom is -0.493 e. The summed E-state index contributed by atoms with van der Waals surface area (Å²) in [6, 6.07) is 3.39. The number of ether oxygens (including phenoxy) is 1. The summed E-state index contributed by atoms with van der Waals surface area (Å²) in [5.41, 5.74) is 2.28. The van der Waals surface area contributed by atoms with E-state index in [0.717, 1.165) is 11.1 Å². The first kappa shape index (κ1) is 12.8. The highest BCUT2D eigenvalue weighted by Gasteiger charge is 2.15. The second kappa shape index (κ2) is 5.15. The Morgan fingerprint density at radius 1 is 1.44 bits per heavy atom. The van der Waals surface area contributed by atoms with Crippen LogP contribution in [0.3, 0.4) is 0 Å². The van der Waals surface area contributed by atoms with Crippen molar-refractivity contribution in [3.63, 3.8) is 0 Å². The van der Waals surface area contributed by atoms with Gasteiger partial charge in [-0.3, -0.25) is 0 Å². The monoisotopic (exact) mass is 222 g/mol. The fourth-order valence-corrected chi connectivity index (χ4v) is 1.67. The van der Waals surface area contributed by atoms with Crippen LogP contribution in [0.5, 0.6) is 5.75 Å². The first-order valence-corrected chi connectivity index (χ1v) is 5.59. The minimum absolute atomic E-state index is 0.112. The number of halogens is 1. The highest BCUT2D eigenvalue weighted by molar-refractivity contribution is 5.64. The van der Waals surface area contributed by atoms with Gasteiger partial charge in [0.1, 0.15) is 11.6 Å². The van der Waals surface area contributed by atoms with E-state index in [4.69, 9.17) is 4.74 Å². The third kappa shape index (κ3) is 2.63. The van der Waals surface area contributed by atoms with E-state index in [1.54, 1.807) is 0 Å². The average Bonchev–Trinajstić information content (AvgIpc) is 2.16. The maximum atomic E-state index is 13.9. The molecule has 88 valence electrons. The molecule has 0 aliphatic heterocycles. The zero-order valence-corrected chi connectivity index (χ0v) is 10.4. The first-order chi connectivity index (χ1) is 7.47. The predicted octanol–water partition coefficient (Wildman–Crippen LogP) is 4.38. The molecule has 0 saturated heterocycles. The van der Waals surface area contributed by atoms with Crippen LogP contribution in [0, 0.1) is 5.82 Å². The summed E-state index contributed by atoms with van der Waals surface area (Å²) in [5, 5.41) is 0. The molecule has 1 rings (SSSR count). The Hall–Kier alpha value is -1.31. The minimum atomic E-state index is -0.209. The Morgan fingerprint density at radius 3 is 2.50 bits per heavy atom. The predicted molar refractivity (Wildman–Crippen MR) is 66.4 cm³/mol. The van der Waals surface area contributed by atoms with Gasteiger partial charge >= 0.3 is 0 Å².